The number of carbonyl (C=O) groups is 2. The molecule has 1 saturated heterocycles. The van der Waals surface area contributed by atoms with Crippen LogP contribution in [0.25, 0.3) is 6.08 Å². The van der Waals surface area contributed by atoms with Gasteiger partial charge in [-0.15, -0.1) is 0 Å². The molecule has 1 N–H and O–H groups in total. The van der Waals surface area contributed by atoms with Gasteiger partial charge in [-0.25, -0.2) is 9.18 Å². The van der Waals surface area contributed by atoms with E-state index in [0.29, 0.717) is 0 Å². The highest BCUT2D eigenvalue weighted by molar-refractivity contribution is 8.26. The molecule has 7 heteroatoms. The highest BCUT2D eigenvalue weighted by Crippen LogP contribution is 2.35. The summed E-state index contributed by atoms with van der Waals surface area (Å²) in [4.78, 5) is 25.8. The lowest BCUT2D eigenvalue weighted by atomic mass is 10.0. The summed E-state index contributed by atoms with van der Waals surface area (Å²) in [6.07, 6.45) is 1.53. The van der Waals surface area contributed by atoms with Gasteiger partial charge in [-0.3, -0.25) is 9.69 Å². The molecule has 1 amide bonds. The average molecular weight is 387 g/mol. The summed E-state index contributed by atoms with van der Waals surface area (Å²) in [5.74, 6) is -2.12. The third kappa shape index (κ3) is 3.84. The van der Waals surface area contributed by atoms with Crippen LogP contribution in [-0.2, 0) is 16.0 Å². The second kappa shape index (κ2) is 7.80. The van der Waals surface area contributed by atoms with Crippen molar-refractivity contribution in [3.05, 3.63) is 76.4 Å². The molecular formula is C19H14FNO3S2. The van der Waals surface area contributed by atoms with Gasteiger partial charge in [0.15, 0.2) is 0 Å². The SMILES string of the molecule is O=C(O)[C@@H](Cc1ccccc1)N1C(=O)/C(=C/c2ccccc2F)SC1=S. The van der Waals surface area contributed by atoms with Crippen molar-refractivity contribution in [2.45, 2.75) is 12.5 Å². The van der Waals surface area contributed by atoms with E-state index < -0.39 is 23.7 Å². The Labute approximate surface area is 159 Å². The molecule has 1 aliphatic heterocycles. The Morgan fingerprint density at radius 1 is 1.19 bits per heavy atom. The van der Waals surface area contributed by atoms with Crippen molar-refractivity contribution < 1.29 is 19.1 Å². The molecule has 4 nitrogen and oxygen atoms in total. The summed E-state index contributed by atoms with van der Waals surface area (Å²) in [5.41, 5.74) is 1.04. The Kier molecular flexibility index (Phi) is 5.49. The lowest BCUT2D eigenvalue weighted by Gasteiger charge is -2.23. The monoisotopic (exact) mass is 387 g/mol. The van der Waals surface area contributed by atoms with E-state index in [2.05, 4.69) is 0 Å². The molecule has 2 aromatic rings. The summed E-state index contributed by atoms with van der Waals surface area (Å²) in [6, 6.07) is 14.0. The van der Waals surface area contributed by atoms with Gasteiger partial charge in [-0.05, 0) is 17.7 Å². The van der Waals surface area contributed by atoms with Crippen molar-refractivity contribution in [2.75, 3.05) is 0 Å². The van der Waals surface area contributed by atoms with Crippen LogP contribution < -0.4 is 0 Å². The number of benzene rings is 2. The van der Waals surface area contributed by atoms with Crippen LogP contribution in [0.2, 0.25) is 0 Å². The summed E-state index contributed by atoms with van der Waals surface area (Å²) in [7, 11) is 0. The number of aliphatic carboxylic acids is 1. The fourth-order valence-corrected chi connectivity index (χ4v) is 3.96. The lowest BCUT2D eigenvalue weighted by molar-refractivity contribution is -0.145. The first-order valence-electron chi connectivity index (χ1n) is 7.75. The van der Waals surface area contributed by atoms with Crippen molar-refractivity contribution in [3.63, 3.8) is 0 Å². The van der Waals surface area contributed by atoms with Crippen LogP contribution in [-0.4, -0.2) is 32.2 Å². The van der Waals surface area contributed by atoms with Gasteiger partial charge in [0.2, 0.25) is 0 Å². The summed E-state index contributed by atoms with van der Waals surface area (Å²) < 4.78 is 14.0. The molecule has 2 aromatic carbocycles. The number of thioether (sulfide) groups is 1. The van der Waals surface area contributed by atoms with E-state index in [-0.39, 0.29) is 21.2 Å². The number of hydrogen-bond donors (Lipinski definition) is 1. The molecule has 1 fully saturated rings. The van der Waals surface area contributed by atoms with Crippen LogP contribution in [0.15, 0.2) is 59.5 Å². The Morgan fingerprint density at radius 2 is 1.85 bits per heavy atom. The van der Waals surface area contributed by atoms with Crippen LogP contribution in [0.5, 0.6) is 0 Å². The number of amides is 1. The molecule has 0 spiro atoms. The first kappa shape index (κ1) is 18.3. The van der Waals surface area contributed by atoms with Crippen LogP contribution in [0.3, 0.4) is 0 Å². The predicted molar refractivity (Wildman–Crippen MR) is 103 cm³/mol. The van der Waals surface area contributed by atoms with E-state index in [1.165, 1.54) is 12.1 Å². The molecule has 132 valence electrons. The van der Waals surface area contributed by atoms with Crippen molar-refractivity contribution in [1.29, 1.82) is 0 Å². The first-order valence-corrected chi connectivity index (χ1v) is 8.98. The van der Waals surface area contributed by atoms with Gasteiger partial charge in [0.1, 0.15) is 16.2 Å². The number of carboxylic acids is 1. The third-order valence-corrected chi connectivity index (χ3v) is 5.21. The standard InChI is InChI=1S/C19H14FNO3S2/c20-14-9-5-4-8-13(14)11-16-17(22)21(19(25)26-16)15(18(23)24)10-12-6-2-1-3-7-12/h1-9,11,15H,10H2,(H,23,24)/b16-11-/t15-/m1/s1. The zero-order valence-electron chi connectivity index (χ0n) is 13.5. The first-order chi connectivity index (χ1) is 12.5. The van der Waals surface area contributed by atoms with Crippen molar-refractivity contribution in [2.24, 2.45) is 0 Å². The van der Waals surface area contributed by atoms with E-state index in [4.69, 9.17) is 12.2 Å². The minimum atomic E-state index is -1.14. The summed E-state index contributed by atoms with van der Waals surface area (Å²) in [6.45, 7) is 0. The maximum Gasteiger partial charge on any atom is 0.327 e. The molecule has 0 aromatic heterocycles. The van der Waals surface area contributed by atoms with E-state index in [1.54, 1.807) is 42.5 Å². The topological polar surface area (TPSA) is 57.6 Å². The molecule has 1 aliphatic rings. The normalized spacial score (nSPS) is 17.0. The molecule has 3 rings (SSSR count). The molecule has 0 saturated carbocycles. The van der Waals surface area contributed by atoms with Crippen LogP contribution in [0.1, 0.15) is 11.1 Å². The zero-order valence-corrected chi connectivity index (χ0v) is 15.1. The molecule has 1 heterocycles. The molecular weight excluding hydrogens is 373 g/mol. The van der Waals surface area contributed by atoms with Gasteiger partial charge in [-0.1, -0.05) is 72.5 Å². The Balaban J connectivity index is 1.89. The highest BCUT2D eigenvalue weighted by Gasteiger charge is 2.40. The van der Waals surface area contributed by atoms with E-state index in [9.17, 15) is 19.1 Å². The maximum atomic E-state index is 13.8. The fraction of sp³-hybridized carbons (Fsp3) is 0.105. The van der Waals surface area contributed by atoms with Gasteiger partial charge in [0.25, 0.3) is 5.91 Å². The lowest BCUT2D eigenvalue weighted by Crippen LogP contribution is -2.45. The zero-order chi connectivity index (χ0) is 18.7. The molecule has 0 aliphatic carbocycles. The van der Waals surface area contributed by atoms with E-state index in [1.807, 2.05) is 6.07 Å². The van der Waals surface area contributed by atoms with Gasteiger partial charge in [0.05, 0.1) is 4.91 Å². The Hall–Kier alpha value is -2.51. The second-order valence-corrected chi connectivity index (χ2v) is 7.29. The van der Waals surface area contributed by atoms with Crippen LogP contribution >= 0.6 is 24.0 Å². The number of nitrogens with zero attached hydrogens (tertiary/aromatic N) is 1. The second-order valence-electron chi connectivity index (χ2n) is 5.62. The summed E-state index contributed by atoms with van der Waals surface area (Å²) in [5, 5.41) is 9.61. The largest absolute Gasteiger partial charge is 0.480 e. The maximum absolute atomic E-state index is 13.8. The highest BCUT2D eigenvalue weighted by atomic mass is 32.2. The quantitative estimate of drug-likeness (QED) is 0.626. The third-order valence-electron chi connectivity index (χ3n) is 3.88. The Morgan fingerprint density at radius 3 is 2.50 bits per heavy atom. The van der Waals surface area contributed by atoms with E-state index >= 15 is 0 Å². The fourth-order valence-electron chi connectivity index (χ4n) is 2.61. The number of thiocarbonyl (C=S) groups is 1. The minimum Gasteiger partial charge on any atom is -0.480 e. The van der Waals surface area contributed by atoms with Gasteiger partial charge in [0, 0.05) is 12.0 Å². The van der Waals surface area contributed by atoms with Crippen molar-refractivity contribution in [3.8, 4) is 0 Å². The number of halogens is 1. The van der Waals surface area contributed by atoms with Gasteiger partial charge in [-0.2, -0.15) is 0 Å². The van der Waals surface area contributed by atoms with E-state index in [0.717, 1.165) is 22.2 Å². The number of hydrogen-bond acceptors (Lipinski definition) is 4. The Bertz CT molecular complexity index is 899. The smallest absolute Gasteiger partial charge is 0.327 e. The van der Waals surface area contributed by atoms with Crippen LogP contribution in [0.4, 0.5) is 4.39 Å². The van der Waals surface area contributed by atoms with Crippen molar-refractivity contribution in [1.82, 2.24) is 4.90 Å². The minimum absolute atomic E-state index is 0.135. The number of rotatable bonds is 5. The molecule has 0 unspecified atom stereocenters. The summed E-state index contributed by atoms with van der Waals surface area (Å²) >= 11 is 6.21. The number of carboxylic acid groups (broad SMARTS) is 1. The number of carbonyl (C=O) groups excluding carboxylic acids is 1. The molecule has 0 radical (unpaired) electrons. The van der Waals surface area contributed by atoms with Gasteiger partial charge < -0.3 is 5.11 Å². The molecule has 26 heavy (non-hydrogen) atoms. The average Bonchev–Trinajstić information content (AvgIpc) is 2.89. The molecule has 0 bridgehead atoms. The predicted octanol–water partition coefficient (Wildman–Crippen LogP) is 3.72. The van der Waals surface area contributed by atoms with Crippen molar-refractivity contribution >= 4 is 46.3 Å². The van der Waals surface area contributed by atoms with Crippen LogP contribution in [0, 0.1) is 5.82 Å². The van der Waals surface area contributed by atoms with Gasteiger partial charge >= 0.3 is 5.97 Å². The molecule has 1 atom stereocenters.